The second kappa shape index (κ2) is 6.44. The molecule has 0 amide bonds. The molecule has 0 saturated heterocycles. The highest BCUT2D eigenvalue weighted by Crippen LogP contribution is 2.36. The smallest absolute Gasteiger partial charge is 0.294 e. The Bertz CT molecular complexity index is 673. The van der Waals surface area contributed by atoms with E-state index in [2.05, 4.69) is 0 Å². The topological polar surface area (TPSA) is 113 Å². The first-order chi connectivity index (χ1) is 10.6. The molecule has 22 heavy (non-hydrogen) atoms. The van der Waals surface area contributed by atoms with Crippen molar-refractivity contribution in [2.24, 2.45) is 0 Å². The van der Waals surface area contributed by atoms with Crippen LogP contribution in [0.25, 0.3) is 0 Å². The minimum absolute atomic E-state index is 0.0638. The van der Waals surface area contributed by atoms with Crippen molar-refractivity contribution in [2.75, 3.05) is 0 Å². The third-order valence-electron chi connectivity index (χ3n) is 3.02. The molecule has 8 nitrogen and oxygen atoms in total. The highest BCUT2D eigenvalue weighted by Gasteiger charge is 2.29. The van der Waals surface area contributed by atoms with Crippen LogP contribution in [0.4, 0.5) is 11.4 Å². The maximum atomic E-state index is 11.1. The van der Waals surface area contributed by atoms with Crippen molar-refractivity contribution >= 4 is 17.8 Å². The molecule has 0 aliphatic rings. The van der Waals surface area contributed by atoms with Crippen LogP contribution in [0.1, 0.15) is 17.2 Å². The van der Waals surface area contributed by atoms with E-state index in [-0.39, 0.29) is 29.0 Å². The standard InChI is InChI=1S/C14H10N2O6/c17-9-22-14(10-5-1-3-7-12(10)15(18)19)11-6-2-4-8-13(11)16(20)21/h1-9,14H. The SMILES string of the molecule is O=COC(c1ccccc1[N+](=O)[O-])c1ccccc1[N+](=O)[O-]. The van der Waals surface area contributed by atoms with E-state index in [4.69, 9.17) is 4.74 Å². The lowest BCUT2D eigenvalue weighted by Gasteiger charge is -2.16. The summed E-state index contributed by atoms with van der Waals surface area (Å²) in [7, 11) is 0. The van der Waals surface area contributed by atoms with Gasteiger partial charge in [-0.3, -0.25) is 25.0 Å². The van der Waals surface area contributed by atoms with Crippen LogP contribution in [0, 0.1) is 20.2 Å². The van der Waals surface area contributed by atoms with Crippen molar-refractivity contribution in [1.29, 1.82) is 0 Å². The van der Waals surface area contributed by atoms with Gasteiger partial charge in [-0.15, -0.1) is 0 Å². The number of rotatable bonds is 6. The van der Waals surface area contributed by atoms with Crippen molar-refractivity contribution in [3.8, 4) is 0 Å². The fourth-order valence-electron chi connectivity index (χ4n) is 2.12. The summed E-state index contributed by atoms with van der Waals surface area (Å²) in [6, 6.07) is 11.2. The second-order valence-corrected chi connectivity index (χ2v) is 4.24. The summed E-state index contributed by atoms with van der Waals surface area (Å²) in [5.74, 6) is 0. The van der Waals surface area contributed by atoms with Crippen LogP contribution in [0.5, 0.6) is 0 Å². The summed E-state index contributed by atoms with van der Waals surface area (Å²) < 4.78 is 4.91. The summed E-state index contributed by atoms with van der Waals surface area (Å²) in [6.07, 6.45) is -1.24. The number of carbonyl (C=O) groups is 1. The number of hydrogen-bond acceptors (Lipinski definition) is 6. The van der Waals surface area contributed by atoms with E-state index in [1.165, 1.54) is 48.5 Å². The van der Waals surface area contributed by atoms with E-state index >= 15 is 0 Å². The van der Waals surface area contributed by atoms with Crippen LogP contribution < -0.4 is 0 Å². The Morgan fingerprint density at radius 3 is 1.64 bits per heavy atom. The molecule has 0 radical (unpaired) electrons. The van der Waals surface area contributed by atoms with Gasteiger partial charge in [-0.1, -0.05) is 24.3 Å². The van der Waals surface area contributed by atoms with Crippen LogP contribution in [0.3, 0.4) is 0 Å². The molecule has 0 unspecified atom stereocenters. The van der Waals surface area contributed by atoms with E-state index in [0.29, 0.717) is 0 Å². The van der Waals surface area contributed by atoms with Crippen LogP contribution >= 0.6 is 0 Å². The van der Waals surface area contributed by atoms with Crippen molar-refractivity contribution in [1.82, 2.24) is 0 Å². The molecular weight excluding hydrogens is 292 g/mol. The maximum absolute atomic E-state index is 11.1. The molecular formula is C14H10N2O6. The third kappa shape index (κ3) is 2.90. The van der Waals surface area contributed by atoms with Gasteiger partial charge < -0.3 is 4.74 Å². The molecule has 0 N–H and O–H groups in total. The summed E-state index contributed by atoms with van der Waals surface area (Å²) in [6.45, 7) is 0.109. The van der Waals surface area contributed by atoms with Crippen molar-refractivity contribution in [3.63, 3.8) is 0 Å². The van der Waals surface area contributed by atoms with Crippen molar-refractivity contribution < 1.29 is 19.4 Å². The van der Waals surface area contributed by atoms with E-state index in [1.54, 1.807) is 0 Å². The predicted molar refractivity (Wildman–Crippen MR) is 75.2 cm³/mol. The van der Waals surface area contributed by atoms with Crippen molar-refractivity contribution in [3.05, 3.63) is 79.9 Å². The van der Waals surface area contributed by atoms with Gasteiger partial charge in [0.25, 0.3) is 17.8 Å². The molecule has 0 fully saturated rings. The minimum Gasteiger partial charge on any atom is -0.454 e. The van der Waals surface area contributed by atoms with Gasteiger partial charge in [0.05, 0.1) is 21.0 Å². The first-order valence-corrected chi connectivity index (χ1v) is 6.12. The number of carbonyl (C=O) groups excluding carboxylic acids is 1. The van der Waals surface area contributed by atoms with Gasteiger partial charge in [0.1, 0.15) is 0 Å². The molecule has 0 aliphatic carbocycles. The Morgan fingerprint density at radius 2 is 1.27 bits per heavy atom. The number of benzene rings is 2. The van der Waals surface area contributed by atoms with Gasteiger partial charge >= 0.3 is 0 Å². The Kier molecular flexibility index (Phi) is 4.42. The number of nitro benzene ring substituents is 2. The molecule has 2 aromatic carbocycles. The fraction of sp³-hybridized carbons (Fsp3) is 0.0714. The van der Waals surface area contributed by atoms with E-state index in [0.717, 1.165) is 0 Å². The molecule has 0 saturated carbocycles. The fourth-order valence-corrected chi connectivity index (χ4v) is 2.12. The second-order valence-electron chi connectivity index (χ2n) is 4.24. The van der Waals surface area contributed by atoms with E-state index in [9.17, 15) is 25.0 Å². The first kappa shape index (κ1) is 15.1. The third-order valence-corrected chi connectivity index (χ3v) is 3.02. The molecule has 0 spiro atoms. The van der Waals surface area contributed by atoms with E-state index < -0.39 is 16.0 Å². The molecule has 0 bridgehead atoms. The Labute approximate surface area is 124 Å². The zero-order valence-corrected chi connectivity index (χ0v) is 11.1. The number of para-hydroxylation sites is 2. The number of nitrogens with zero attached hydrogens (tertiary/aromatic N) is 2. The lowest BCUT2D eigenvalue weighted by molar-refractivity contribution is -0.387. The summed E-state index contributed by atoms with van der Waals surface area (Å²) in [4.78, 5) is 31.7. The summed E-state index contributed by atoms with van der Waals surface area (Å²) in [5.41, 5.74) is -0.442. The van der Waals surface area contributed by atoms with Gasteiger partial charge in [-0.05, 0) is 12.1 Å². The largest absolute Gasteiger partial charge is 0.454 e. The molecule has 2 aromatic rings. The lowest BCUT2D eigenvalue weighted by Crippen LogP contribution is -2.10. The molecule has 2 rings (SSSR count). The molecule has 8 heteroatoms. The van der Waals surface area contributed by atoms with Crippen LogP contribution in [-0.2, 0) is 9.53 Å². The molecule has 112 valence electrons. The predicted octanol–water partition coefficient (Wildman–Crippen LogP) is 2.77. The number of ether oxygens (including phenoxy) is 1. The minimum atomic E-state index is -1.24. The first-order valence-electron chi connectivity index (χ1n) is 6.12. The number of nitro groups is 2. The summed E-state index contributed by atoms with van der Waals surface area (Å²) >= 11 is 0. The zero-order chi connectivity index (χ0) is 16.1. The molecule has 0 aromatic heterocycles. The average Bonchev–Trinajstić information content (AvgIpc) is 2.52. The van der Waals surface area contributed by atoms with Gasteiger partial charge in [-0.2, -0.15) is 0 Å². The molecule has 0 atom stereocenters. The van der Waals surface area contributed by atoms with Crippen molar-refractivity contribution in [2.45, 2.75) is 6.10 Å². The summed E-state index contributed by atoms with van der Waals surface area (Å²) in [5, 5.41) is 22.2. The molecule has 0 aliphatic heterocycles. The Balaban J connectivity index is 2.64. The van der Waals surface area contributed by atoms with Crippen LogP contribution in [0.2, 0.25) is 0 Å². The number of hydrogen-bond donors (Lipinski definition) is 0. The Hall–Kier alpha value is -3.29. The van der Waals surface area contributed by atoms with E-state index in [1.807, 2.05) is 0 Å². The normalized spacial score (nSPS) is 10.2. The maximum Gasteiger partial charge on any atom is 0.294 e. The highest BCUT2D eigenvalue weighted by molar-refractivity contribution is 5.53. The highest BCUT2D eigenvalue weighted by atomic mass is 16.6. The Morgan fingerprint density at radius 1 is 0.864 bits per heavy atom. The average molecular weight is 302 g/mol. The zero-order valence-electron chi connectivity index (χ0n) is 11.1. The molecule has 0 heterocycles. The van der Waals surface area contributed by atoms with Crippen LogP contribution in [0.15, 0.2) is 48.5 Å². The van der Waals surface area contributed by atoms with Crippen LogP contribution in [-0.4, -0.2) is 16.3 Å². The van der Waals surface area contributed by atoms with Gasteiger partial charge in [0, 0.05) is 12.1 Å². The monoisotopic (exact) mass is 302 g/mol. The van der Waals surface area contributed by atoms with Gasteiger partial charge in [0.2, 0.25) is 0 Å². The van der Waals surface area contributed by atoms with Gasteiger partial charge in [-0.25, -0.2) is 0 Å². The lowest BCUT2D eigenvalue weighted by atomic mass is 9.98. The quantitative estimate of drug-likeness (QED) is 0.460. The van der Waals surface area contributed by atoms with Gasteiger partial charge in [0.15, 0.2) is 6.10 Å².